The number of fused-ring (bicyclic) bond motifs is 2. The first-order chi connectivity index (χ1) is 17.3. The molecular weight excluding hydrogens is 490 g/mol. The van der Waals surface area contributed by atoms with Gasteiger partial charge in [0, 0.05) is 27.2 Å². The molecule has 1 amide bonds. The Balaban J connectivity index is 1.37. The SMILES string of the molecule is Cc1ccc(-c2nc3cc(C(C)C)ccc3o2)cc1NC(=S)NC(=O)c1cccc2c(Cl)cccc12. The molecular formula is C29H24ClN3O2S. The second kappa shape index (κ2) is 9.72. The Bertz CT molecular complexity index is 1640. The van der Waals surface area contributed by atoms with Crippen LogP contribution in [0.1, 0.15) is 41.3 Å². The highest BCUT2D eigenvalue weighted by atomic mass is 35.5. The number of nitrogens with one attached hydrogen (secondary N) is 2. The van der Waals surface area contributed by atoms with Crippen LogP contribution in [0.3, 0.4) is 0 Å². The molecule has 5 aromatic rings. The van der Waals surface area contributed by atoms with E-state index in [0.29, 0.717) is 22.4 Å². The fraction of sp³-hybridized carbons (Fsp3) is 0.138. The zero-order valence-corrected chi connectivity index (χ0v) is 21.6. The lowest BCUT2D eigenvalue weighted by Gasteiger charge is -2.13. The summed E-state index contributed by atoms with van der Waals surface area (Å²) in [4.78, 5) is 17.7. The first kappa shape index (κ1) is 24.0. The number of rotatable bonds is 4. The normalized spacial score (nSPS) is 11.2. The van der Waals surface area contributed by atoms with Gasteiger partial charge in [0.05, 0.1) is 0 Å². The number of benzene rings is 4. The Morgan fingerprint density at radius 2 is 1.78 bits per heavy atom. The van der Waals surface area contributed by atoms with Crippen molar-refractivity contribution in [3.8, 4) is 11.5 Å². The van der Waals surface area contributed by atoms with Crippen molar-refractivity contribution in [2.24, 2.45) is 0 Å². The molecule has 0 fully saturated rings. The molecule has 0 saturated heterocycles. The molecule has 180 valence electrons. The van der Waals surface area contributed by atoms with Crippen molar-refractivity contribution >= 4 is 62.4 Å². The summed E-state index contributed by atoms with van der Waals surface area (Å²) in [5.74, 6) is 0.623. The summed E-state index contributed by atoms with van der Waals surface area (Å²) < 4.78 is 6.01. The lowest BCUT2D eigenvalue weighted by Crippen LogP contribution is -2.34. The summed E-state index contributed by atoms with van der Waals surface area (Å²) in [5, 5.41) is 8.29. The average molecular weight is 514 g/mol. The van der Waals surface area contributed by atoms with Gasteiger partial charge in [0.15, 0.2) is 10.7 Å². The molecule has 0 aliphatic heterocycles. The molecule has 7 heteroatoms. The standard InChI is InChI=1S/C29H24ClN3O2S/c1-16(2)18-12-13-26-25(14-18)31-28(35-26)19-11-10-17(3)24(15-19)32-29(36)33-27(34)22-8-4-7-21-20(22)6-5-9-23(21)30/h4-16H,1-3H3,(H2,32,33,34,36). The summed E-state index contributed by atoms with van der Waals surface area (Å²) in [5.41, 5.74) is 5.80. The van der Waals surface area contributed by atoms with E-state index in [1.54, 1.807) is 18.2 Å². The minimum atomic E-state index is -0.311. The van der Waals surface area contributed by atoms with Crippen molar-refractivity contribution in [1.29, 1.82) is 0 Å². The first-order valence-corrected chi connectivity index (χ1v) is 12.4. The number of carbonyl (C=O) groups excluding carboxylic acids is 1. The van der Waals surface area contributed by atoms with Gasteiger partial charge in [0.1, 0.15) is 5.52 Å². The summed E-state index contributed by atoms with van der Waals surface area (Å²) >= 11 is 11.8. The number of aryl methyl sites for hydroxylation is 1. The van der Waals surface area contributed by atoms with E-state index in [9.17, 15) is 4.79 Å². The number of anilines is 1. The number of nitrogens with zero attached hydrogens (tertiary/aromatic N) is 1. The Morgan fingerprint density at radius 3 is 2.58 bits per heavy atom. The predicted octanol–water partition coefficient (Wildman–Crippen LogP) is 7.86. The minimum absolute atomic E-state index is 0.193. The lowest BCUT2D eigenvalue weighted by atomic mass is 10.0. The Kier molecular flexibility index (Phi) is 6.48. The van der Waals surface area contributed by atoms with Crippen molar-refractivity contribution in [2.45, 2.75) is 26.7 Å². The number of thiocarbonyl (C=S) groups is 1. The van der Waals surface area contributed by atoms with Crippen molar-refractivity contribution in [1.82, 2.24) is 10.3 Å². The Labute approximate surface area is 219 Å². The quantitative estimate of drug-likeness (QED) is 0.239. The smallest absolute Gasteiger partial charge is 0.258 e. The van der Waals surface area contributed by atoms with E-state index < -0.39 is 0 Å². The molecule has 1 aromatic heterocycles. The number of carbonyl (C=O) groups is 1. The van der Waals surface area contributed by atoms with Gasteiger partial charge in [-0.2, -0.15) is 0 Å². The van der Waals surface area contributed by atoms with Crippen LogP contribution in [0.2, 0.25) is 5.02 Å². The van der Waals surface area contributed by atoms with E-state index in [0.717, 1.165) is 38.7 Å². The topological polar surface area (TPSA) is 67.2 Å². The zero-order valence-electron chi connectivity index (χ0n) is 20.1. The van der Waals surface area contributed by atoms with E-state index in [4.69, 9.17) is 33.2 Å². The van der Waals surface area contributed by atoms with Gasteiger partial charge in [-0.05, 0) is 78.0 Å². The third kappa shape index (κ3) is 4.70. The highest BCUT2D eigenvalue weighted by molar-refractivity contribution is 7.80. The molecule has 0 unspecified atom stereocenters. The zero-order chi connectivity index (χ0) is 25.4. The van der Waals surface area contributed by atoms with Crippen LogP contribution in [0.4, 0.5) is 5.69 Å². The van der Waals surface area contributed by atoms with E-state index in [1.807, 2.05) is 49.4 Å². The molecule has 1 heterocycles. The molecule has 0 aliphatic carbocycles. The monoisotopic (exact) mass is 513 g/mol. The molecule has 2 N–H and O–H groups in total. The Hall–Kier alpha value is -3.74. The number of hydrogen-bond donors (Lipinski definition) is 2. The van der Waals surface area contributed by atoms with Crippen LogP contribution in [-0.4, -0.2) is 16.0 Å². The maximum atomic E-state index is 13.0. The fourth-order valence-electron chi connectivity index (χ4n) is 4.11. The van der Waals surface area contributed by atoms with Gasteiger partial charge in [-0.1, -0.05) is 61.8 Å². The van der Waals surface area contributed by atoms with Crippen LogP contribution in [0, 0.1) is 6.92 Å². The molecule has 5 rings (SSSR count). The molecule has 0 saturated carbocycles. The van der Waals surface area contributed by atoms with Gasteiger partial charge in [-0.3, -0.25) is 10.1 Å². The number of hydrogen-bond acceptors (Lipinski definition) is 4. The van der Waals surface area contributed by atoms with Gasteiger partial charge in [0.2, 0.25) is 5.89 Å². The predicted molar refractivity (Wildman–Crippen MR) is 151 cm³/mol. The summed E-state index contributed by atoms with van der Waals surface area (Å²) in [6, 6.07) is 22.8. The van der Waals surface area contributed by atoms with Crippen molar-refractivity contribution in [2.75, 3.05) is 5.32 Å². The fourth-order valence-corrected chi connectivity index (χ4v) is 4.55. The molecule has 0 atom stereocenters. The van der Waals surface area contributed by atoms with E-state index in [2.05, 4.69) is 36.6 Å². The third-order valence-corrected chi connectivity index (χ3v) is 6.69. The second-order valence-corrected chi connectivity index (χ2v) is 9.79. The number of aromatic nitrogens is 1. The van der Waals surface area contributed by atoms with Crippen LogP contribution in [0.25, 0.3) is 33.3 Å². The van der Waals surface area contributed by atoms with E-state index in [1.165, 1.54) is 5.56 Å². The molecule has 5 nitrogen and oxygen atoms in total. The summed E-state index contributed by atoms with van der Waals surface area (Å²) in [7, 11) is 0. The van der Waals surface area contributed by atoms with Gasteiger partial charge >= 0.3 is 0 Å². The van der Waals surface area contributed by atoms with Gasteiger partial charge in [0.25, 0.3) is 5.91 Å². The average Bonchev–Trinajstić information content (AvgIpc) is 3.28. The Morgan fingerprint density at radius 1 is 1.00 bits per heavy atom. The molecule has 0 bridgehead atoms. The highest BCUT2D eigenvalue weighted by Gasteiger charge is 2.15. The van der Waals surface area contributed by atoms with Crippen LogP contribution in [0.5, 0.6) is 0 Å². The van der Waals surface area contributed by atoms with E-state index >= 15 is 0 Å². The largest absolute Gasteiger partial charge is 0.436 e. The minimum Gasteiger partial charge on any atom is -0.436 e. The van der Waals surface area contributed by atoms with Crippen molar-refractivity contribution in [3.63, 3.8) is 0 Å². The summed E-state index contributed by atoms with van der Waals surface area (Å²) in [6.45, 7) is 6.26. The number of amides is 1. The van der Waals surface area contributed by atoms with Crippen LogP contribution < -0.4 is 10.6 Å². The number of halogens is 1. The molecule has 4 aromatic carbocycles. The number of oxazole rings is 1. The molecule has 0 spiro atoms. The highest BCUT2D eigenvalue weighted by Crippen LogP contribution is 2.30. The lowest BCUT2D eigenvalue weighted by molar-refractivity contribution is 0.0979. The van der Waals surface area contributed by atoms with Crippen molar-refractivity contribution < 1.29 is 9.21 Å². The van der Waals surface area contributed by atoms with E-state index in [-0.39, 0.29) is 11.0 Å². The molecule has 36 heavy (non-hydrogen) atoms. The maximum Gasteiger partial charge on any atom is 0.258 e. The van der Waals surface area contributed by atoms with Crippen LogP contribution in [-0.2, 0) is 0 Å². The van der Waals surface area contributed by atoms with Crippen molar-refractivity contribution in [3.05, 3.63) is 94.5 Å². The molecule has 0 radical (unpaired) electrons. The van der Waals surface area contributed by atoms with Crippen LogP contribution >= 0.6 is 23.8 Å². The maximum absolute atomic E-state index is 13.0. The van der Waals surface area contributed by atoms with Gasteiger partial charge < -0.3 is 9.73 Å². The summed E-state index contributed by atoms with van der Waals surface area (Å²) in [6.07, 6.45) is 0. The molecule has 0 aliphatic rings. The van der Waals surface area contributed by atoms with Gasteiger partial charge in [-0.25, -0.2) is 4.98 Å². The first-order valence-electron chi connectivity index (χ1n) is 11.6. The third-order valence-electron chi connectivity index (χ3n) is 6.15. The second-order valence-electron chi connectivity index (χ2n) is 8.98. The van der Waals surface area contributed by atoms with Gasteiger partial charge in [-0.15, -0.1) is 0 Å². The van der Waals surface area contributed by atoms with Crippen LogP contribution in [0.15, 0.2) is 77.2 Å².